The number of aryl methyl sites for hydroxylation is 1. The van der Waals surface area contributed by atoms with Gasteiger partial charge in [-0.25, -0.2) is 0 Å². The van der Waals surface area contributed by atoms with Crippen molar-refractivity contribution in [2.24, 2.45) is 5.92 Å². The minimum atomic E-state index is -0.862. The zero-order valence-electron chi connectivity index (χ0n) is 14.1. The van der Waals surface area contributed by atoms with Gasteiger partial charge in [0.25, 0.3) is 0 Å². The summed E-state index contributed by atoms with van der Waals surface area (Å²) in [6, 6.07) is 6.22. The molecule has 21 heavy (non-hydrogen) atoms. The maximum atomic E-state index is 12.6. The van der Waals surface area contributed by atoms with E-state index in [1.54, 1.807) is 7.11 Å². The van der Waals surface area contributed by atoms with Crippen molar-refractivity contribution < 1.29 is 8.95 Å². The van der Waals surface area contributed by atoms with Crippen molar-refractivity contribution >= 4 is 10.8 Å². The van der Waals surface area contributed by atoms with E-state index in [0.717, 1.165) is 17.9 Å². The monoisotopic (exact) mass is 311 g/mol. The van der Waals surface area contributed by atoms with Crippen molar-refractivity contribution in [3.63, 3.8) is 0 Å². The molecule has 3 unspecified atom stereocenters. The molecule has 1 aromatic rings. The molecule has 0 spiro atoms. The molecule has 1 rings (SSSR count). The van der Waals surface area contributed by atoms with Crippen LogP contribution < -0.4 is 10.1 Å². The molecule has 1 N–H and O–H groups in total. The molecule has 0 saturated carbocycles. The lowest BCUT2D eigenvalue weighted by Crippen LogP contribution is -2.30. The molecular formula is C17H29NO2S. The molecule has 3 nitrogen and oxygen atoms in total. The number of ether oxygens (including phenoxy) is 1. The second kappa shape index (κ2) is 8.54. The molecule has 3 atom stereocenters. The van der Waals surface area contributed by atoms with Crippen molar-refractivity contribution in [2.45, 2.75) is 45.9 Å². The first-order valence-electron chi connectivity index (χ1n) is 7.65. The van der Waals surface area contributed by atoms with Gasteiger partial charge in [0.15, 0.2) is 0 Å². The fourth-order valence-corrected chi connectivity index (χ4v) is 3.79. The standard InChI is InChI=1S/C17H29NO2S/c1-7-18-16(11-21(19)14(5)12(2)3)15-10-13(4)8-9-17(15)20-6/h8-10,12,14,16,18H,7,11H2,1-6H3. The van der Waals surface area contributed by atoms with Crippen LogP contribution in [0.15, 0.2) is 18.2 Å². The molecule has 0 radical (unpaired) electrons. The van der Waals surface area contributed by atoms with E-state index in [1.807, 2.05) is 12.1 Å². The third-order valence-electron chi connectivity index (χ3n) is 3.90. The molecular weight excluding hydrogens is 282 g/mol. The summed E-state index contributed by atoms with van der Waals surface area (Å²) in [5, 5.41) is 3.65. The SMILES string of the molecule is CCNC(CS(=O)C(C)C(C)C)c1cc(C)ccc1OC. The predicted octanol–water partition coefficient (Wildman–Crippen LogP) is 3.45. The Balaban J connectivity index is 3.01. The predicted molar refractivity (Wildman–Crippen MR) is 91.5 cm³/mol. The van der Waals surface area contributed by atoms with Gasteiger partial charge in [-0.05, 0) is 25.5 Å². The van der Waals surface area contributed by atoms with Gasteiger partial charge < -0.3 is 10.1 Å². The molecule has 0 bridgehead atoms. The normalized spacial score (nSPS) is 15.8. The van der Waals surface area contributed by atoms with Crippen LogP contribution in [0.3, 0.4) is 0 Å². The summed E-state index contributed by atoms with van der Waals surface area (Å²) in [6.45, 7) is 11.3. The minimum absolute atomic E-state index is 0.0619. The van der Waals surface area contributed by atoms with Gasteiger partial charge in [0.1, 0.15) is 5.75 Å². The first-order chi connectivity index (χ1) is 9.90. The van der Waals surface area contributed by atoms with Crippen LogP contribution in [0.25, 0.3) is 0 Å². The van der Waals surface area contributed by atoms with Crippen molar-refractivity contribution in [1.82, 2.24) is 5.32 Å². The van der Waals surface area contributed by atoms with E-state index in [0.29, 0.717) is 11.7 Å². The lowest BCUT2D eigenvalue weighted by atomic mass is 10.0. The summed E-state index contributed by atoms with van der Waals surface area (Å²) >= 11 is 0. The molecule has 0 aliphatic carbocycles. The van der Waals surface area contributed by atoms with Gasteiger partial charge >= 0.3 is 0 Å². The van der Waals surface area contributed by atoms with Crippen LogP contribution in [0.2, 0.25) is 0 Å². The van der Waals surface area contributed by atoms with E-state index in [-0.39, 0.29) is 11.3 Å². The Labute approximate surface area is 131 Å². The highest BCUT2D eigenvalue weighted by atomic mass is 32.2. The number of benzene rings is 1. The Bertz CT molecular complexity index is 474. The molecule has 1 aromatic carbocycles. The van der Waals surface area contributed by atoms with E-state index in [4.69, 9.17) is 4.74 Å². The fraction of sp³-hybridized carbons (Fsp3) is 0.647. The second-order valence-corrected chi connectivity index (χ2v) is 7.69. The zero-order valence-corrected chi connectivity index (χ0v) is 14.9. The van der Waals surface area contributed by atoms with Crippen LogP contribution in [0.5, 0.6) is 5.75 Å². The number of methoxy groups -OCH3 is 1. The van der Waals surface area contributed by atoms with E-state index in [9.17, 15) is 4.21 Å². The third-order valence-corrected chi connectivity index (χ3v) is 5.93. The Morgan fingerprint density at radius 2 is 1.95 bits per heavy atom. The van der Waals surface area contributed by atoms with Gasteiger partial charge in [0.05, 0.1) is 7.11 Å². The molecule has 0 saturated heterocycles. The first-order valence-corrected chi connectivity index (χ1v) is 9.04. The average Bonchev–Trinajstić information content (AvgIpc) is 2.45. The Morgan fingerprint density at radius 3 is 2.48 bits per heavy atom. The maximum absolute atomic E-state index is 12.6. The largest absolute Gasteiger partial charge is 0.496 e. The highest BCUT2D eigenvalue weighted by molar-refractivity contribution is 7.85. The van der Waals surface area contributed by atoms with Crippen molar-refractivity contribution in [3.05, 3.63) is 29.3 Å². The minimum Gasteiger partial charge on any atom is -0.496 e. The van der Waals surface area contributed by atoms with E-state index < -0.39 is 10.8 Å². The quantitative estimate of drug-likeness (QED) is 0.799. The summed E-state index contributed by atoms with van der Waals surface area (Å²) in [5.74, 6) is 1.90. The van der Waals surface area contributed by atoms with Gasteiger partial charge in [-0.3, -0.25) is 4.21 Å². The number of hydrogen-bond acceptors (Lipinski definition) is 3. The summed E-state index contributed by atoms with van der Waals surface area (Å²) in [5.41, 5.74) is 2.29. The molecule has 0 fully saturated rings. The maximum Gasteiger partial charge on any atom is 0.123 e. The molecule has 0 amide bonds. The van der Waals surface area contributed by atoms with Crippen LogP contribution >= 0.6 is 0 Å². The topological polar surface area (TPSA) is 38.3 Å². The average molecular weight is 311 g/mol. The summed E-state index contributed by atoms with van der Waals surface area (Å²) in [7, 11) is 0.824. The molecule has 0 aliphatic heterocycles. The smallest absolute Gasteiger partial charge is 0.123 e. The van der Waals surface area contributed by atoms with Crippen molar-refractivity contribution in [2.75, 3.05) is 19.4 Å². The van der Waals surface area contributed by atoms with Gasteiger partial charge in [0, 0.05) is 33.4 Å². The van der Waals surface area contributed by atoms with Crippen molar-refractivity contribution in [1.29, 1.82) is 0 Å². The van der Waals surface area contributed by atoms with Crippen LogP contribution in [0.4, 0.5) is 0 Å². The van der Waals surface area contributed by atoms with Crippen LogP contribution in [-0.2, 0) is 10.8 Å². The lowest BCUT2D eigenvalue weighted by Gasteiger charge is -2.23. The molecule has 4 heteroatoms. The Kier molecular flexibility index (Phi) is 7.40. The van der Waals surface area contributed by atoms with E-state index >= 15 is 0 Å². The molecule has 0 aromatic heterocycles. The summed E-state index contributed by atoms with van der Waals surface area (Å²) in [6.07, 6.45) is 0. The lowest BCUT2D eigenvalue weighted by molar-refractivity contribution is 0.402. The Morgan fingerprint density at radius 1 is 1.29 bits per heavy atom. The Hall–Kier alpha value is -0.870. The van der Waals surface area contributed by atoms with Crippen LogP contribution in [0, 0.1) is 12.8 Å². The van der Waals surface area contributed by atoms with E-state index in [2.05, 4.69) is 46.0 Å². The molecule has 0 aliphatic rings. The first kappa shape index (κ1) is 18.2. The number of nitrogens with one attached hydrogen (secondary N) is 1. The number of hydrogen-bond donors (Lipinski definition) is 1. The van der Waals surface area contributed by atoms with Crippen LogP contribution in [0.1, 0.15) is 44.9 Å². The third kappa shape index (κ3) is 5.11. The molecule has 0 heterocycles. The zero-order chi connectivity index (χ0) is 16.0. The van der Waals surface area contributed by atoms with Gasteiger partial charge in [-0.2, -0.15) is 0 Å². The summed E-state index contributed by atoms with van der Waals surface area (Å²) < 4.78 is 18.0. The fourth-order valence-electron chi connectivity index (χ4n) is 2.25. The van der Waals surface area contributed by atoms with E-state index in [1.165, 1.54) is 5.56 Å². The molecule has 120 valence electrons. The summed E-state index contributed by atoms with van der Waals surface area (Å²) in [4.78, 5) is 0. The highest BCUT2D eigenvalue weighted by Gasteiger charge is 2.22. The second-order valence-electron chi connectivity index (χ2n) is 5.85. The van der Waals surface area contributed by atoms with Crippen LogP contribution in [-0.4, -0.2) is 28.9 Å². The number of rotatable bonds is 8. The van der Waals surface area contributed by atoms with Gasteiger partial charge in [0.2, 0.25) is 0 Å². The van der Waals surface area contributed by atoms with Gasteiger partial charge in [-0.15, -0.1) is 0 Å². The highest BCUT2D eigenvalue weighted by Crippen LogP contribution is 2.28. The van der Waals surface area contributed by atoms with Crippen molar-refractivity contribution in [3.8, 4) is 5.75 Å². The van der Waals surface area contributed by atoms with Gasteiger partial charge in [-0.1, -0.05) is 45.4 Å².